The van der Waals surface area contributed by atoms with Gasteiger partial charge in [-0.3, -0.25) is 0 Å². The third-order valence-electron chi connectivity index (χ3n) is 1.30. The fourth-order valence-electron chi connectivity index (χ4n) is 0.602. The molecule has 0 saturated carbocycles. The molecule has 1 atom stereocenters. The quantitative estimate of drug-likeness (QED) is 0.618. The number of methoxy groups -OCH3 is 1. The van der Waals surface area contributed by atoms with E-state index in [1.165, 1.54) is 0 Å². The van der Waals surface area contributed by atoms with Crippen LogP contribution in [-0.4, -0.2) is 26.4 Å². The molecule has 0 heterocycles. The van der Waals surface area contributed by atoms with E-state index in [4.69, 9.17) is 9.47 Å². The average Bonchev–Trinajstić information content (AvgIpc) is 2.10. The minimum absolute atomic E-state index is 0.282. The second-order valence-corrected chi connectivity index (χ2v) is 1.93. The van der Waals surface area contributed by atoms with Crippen molar-refractivity contribution < 1.29 is 9.47 Å². The van der Waals surface area contributed by atoms with E-state index in [1.807, 2.05) is 20.8 Å². The first-order chi connectivity index (χ1) is 5.35. The van der Waals surface area contributed by atoms with Crippen LogP contribution in [0.1, 0.15) is 34.1 Å². The lowest BCUT2D eigenvalue weighted by atomic mass is 10.3. The molecule has 0 fully saturated rings. The first kappa shape index (κ1) is 13.5. The van der Waals surface area contributed by atoms with Gasteiger partial charge in [0.15, 0.2) is 0 Å². The Hall–Kier alpha value is -0.0800. The molecule has 0 N–H and O–H groups in total. The van der Waals surface area contributed by atoms with Crippen LogP contribution in [0.3, 0.4) is 0 Å². The van der Waals surface area contributed by atoms with E-state index in [-0.39, 0.29) is 6.10 Å². The van der Waals surface area contributed by atoms with E-state index in [2.05, 4.69) is 6.92 Å². The van der Waals surface area contributed by atoms with E-state index in [0.717, 1.165) is 19.6 Å². The molecule has 11 heavy (non-hydrogen) atoms. The van der Waals surface area contributed by atoms with Gasteiger partial charge in [0, 0.05) is 13.7 Å². The lowest BCUT2D eigenvalue weighted by Crippen LogP contribution is -2.16. The Bertz CT molecular complexity index is 51.5. The smallest absolute Gasteiger partial charge is 0.0802 e. The molecule has 0 aliphatic carbocycles. The molecule has 0 bridgehead atoms. The molecule has 0 aliphatic rings. The van der Waals surface area contributed by atoms with Crippen LogP contribution < -0.4 is 0 Å². The normalized spacial score (nSPS) is 11.7. The summed E-state index contributed by atoms with van der Waals surface area (Å²) < 4.78 is 10.2. The molecule has 0 aromatic carbocycles. The van der Waals surface area contributed by atoms with Crippen LogP contribution in [0.2, 0.25) is 0 Å². The summed E-state index contributed by atoms with van der Waals surface area (Å²) in [6.07, 6.45) is 1.31. The molecule has 0 amide bonds. The lowest BCUT2D eigenvalue weighted by Gasteiger charge is -2.11. The zero-order chi connectivity index (χ0) is 9.11. The minimum atomic E-state index is 0.282. The number of hydrogen-bond acceptors (Lipinski definition) is 2. The Morgan fingerprint density at radius 2 is 1.73 bits per heavy atom. The molecule has 0 aliphatic heterocycles. The summed E-state index contributed by atoms with van der Waals surface area (Å²) in [5.74, 6) is 0. The van der Waals surface area contributed by atoms with Crippen LogP contribution in [-0.2, 0) is 9.47 Å². The third kappa shape index (κ3) is 9.92. The highest BCUT2D eigenvalue weighted by Crippen LogP contribution is 1.95. The zero-order valence-electron chi connectivity index (χ0n) is 8.52. The van der Waals surface area contributed by atoms with E-state index < -0.39 is 0 Å². The maximum Gasteiger partial charge on any atom is 0.0802 e. The van der Waals surface area contributed by atoms with Gasteiger partial charge in [-0.25, -0.2) is 0 Å². The molecular formula is C9H22O2. The largest absolute Gasteiger partial charge is 0.379 e. The molecule has 1 unspecified atom stereocenters. The molecule has 0 saturated heterocycles. The predicted octanol–water partition coefficient (Wildman–Crippen LogP) is 2.47. The molecule has 70 valence electrons. The Morgan fingerprint density at radius 1 is 1.18 bits per heavy atom. The van der Waals surface area contributed by atoms with Gasteiger partial charge in [-0.15, -0.1) is 0 Å². The molecular weight excluding hydrogens is 140 g/mol. The first-order valence-electron chi connectivity index (χ1n) is 4.45. The van der Waals surface area contributed by atoms with Crippen LogP contribution >= 0.6 is 0 Å². The van der Waals surface area contributed by atoms with Crippen molar-refractivity contribution >= 4 is 0 Å². The van der Waals surface area contributed by atoms with Crippen molar-refractivity contribution in [3.63, 3.8) is 0 Å². The second kappa shape index (κ2) is 12.6. The zero-order valence-corrected chi connectivity index (χ0v) is 8.52. The average molecular weight is 162 g/mol. The van der Waals surface area contributed by atoms with Gasteiger partial charge >= 0.3 is 0 Å². The summed E-state index contributed by atoms with van der Waals surface area (Å²) in [5.41, 5.74) is 0. The molecule has 0 radical (unpaired) electrons. The summed E-state index contributed by atoms with van der Waals surface area (Å²) in [5, 5.41) is 0. The number of ether oxygens (including phenoxy) is 2. The molecule has 0 rings (SSSR count). The molecule has 0 aromatic heterocycles. The van der Waals surface area contributed by atoms with E-state index in [9.17, 15) is 0 Å². The van der Waals surface area contributed by atoms with Crippen LogP contribution in [0.4, 0.5) is 0 Å². The number of rotatable bonds is 5. The maximum absolute atomic E-state index is 5.15. The van der Waals surface area contributed by atoms with E-state index in [0.29, 0.717) is 0 Å². The van der Waals surface area contributed by atoms with E-state index >= 15 is 0 Å². The highest BCUT2D eigenvalue weighted by molar-refractivity contribution is 4.50. The topological polar surface area (TPSA) is 18.5 Å². The fourth-order valence-corrected chi connectivity index (χ4v) is 0.602. The maximum atomic E-state index is 5.15. The highest BCUT2D eigenvalue weighted by atomic mass is 16.5. The fraction of sp³-hybridized carbons (Fsp3) is 1.00. The van der Waals surface area contributed by atoms with Crippen LogP contribution in [0.15, 0.2) is 0 Å². The van der Waals surface area contributed by atoms with Crippen molar-refractivity contribution in [2.75, 3.05) is 20.3 Å². The SMILES string of the molecule is CC.CCOCC(CC)OC. The predicted molar refractivity (Wildman–Crippen MR) is 48.9 cm³/mol. The Morgan fingerprint density at radius 3 is 2.00 bits per heavy atom. The van der Waals surface area contributed by atoms with Crippen LogP contribution in [0.5, 0.6) is 0 Å². The molecule has 2 heteroatoms. The van der Waals surface area contributed by atoms with Gasteiger partial charge in [-0.1, -0.05) is 20.8 Å². The molecule has 0 aromatic rings. The first-order valence-corrected chi connectivity index (χ1v) is 4.45. The van der Waals surface area contributed by atoms with Crippen LogP contribution in [0, 0.1) is 0 Å². The van der Waals surface area contributed by atoms with Gasteiger partial charge in [0.1, 0.15) is 0 Å². The Kier molecular flexibility index (Phi) is 15.4. The summed E-state index contributed by atoms with van der Waals surface area (Å²) in [6, 6.07) is 0. The third-order valence-corrected chi connectivity index (χ3v) is 1.30. The second-order valence-electron chi connectivity index (χ2n) is 1.93. The van der Waals surface area contributed by atoms with Crippen molar-refractivity contribution in [2.24, 2.45) is 0 Å². The van der Waals surface area contributed by atoms with Gasteiger partial charge < -0.3 is 9.47 Å². The summed E-state index contributed by atoms with van der Waals surface area (Å²) in [6.45, 7) is 9.58. The van der Waals surface area contributed by atoms with Gasteiger partial charge in [-0.2, -0.15) is 0 Å². The molecule has 2 nitrogen and oxygen atoms in total. The standard InChI is InChI=1S/C7H16O2.C2H6/c1-4-7(8-3)6-9-5-2;1-2/h7H,4-6H2,1-3H3;1-2H3. The van der Waals surface area contributed by atoms with Gasteiger partial charge in [0.05, 0.1) is 12.7 Å². The van der Waals surface area contributed by atoms with Crippen molar-refractivity contribution in [3.8, 4) is 0 Å². The van der Waals surface area contributed by atoms with Crippen LogP contribution in [0.25, 0.3) is 0 Å². The van der Waals surface area contributed by atoms with Crippen molar-refractivity contribution in [3.05, 3.63) is 0 Å². The Labute approximate surface area is 70.9 Å². The summed E-state index contributed by atoms with van der Waals surface area (Å²) >= 11 is 0. The number of hydrogen-bond donors (Lipinski definition) is 0. The van der Waals surface area contributed by atoms with Gasteiger partial charge in [0.25, 0.3) is 0 Å². The van der Waals surface area contributed by atoms with Crippen molar-refractivity contribution in [1.29, 1.82) is 0 Å². The highest BCUT2D eigenvalue weighted by Gasteiger charge is 2.01. The monoisotopic (exact) mass is 162 g/mol. The summed E-state index contributed by atoms with van der Waals surface area (Å²) in [4.78, 5) is 0. The Balaban J connectivity index is 0. The van der Waals surface area contributed by atoms with Gasteiger partial charge in [-0.05, 0) is 13.3 Å². The van der Waals surface area contributed by atoms with Crippen molar-refractivity contribution in [2.45, 2.75) is 40.2 Å². The van der Waals surface area contributed by atoms with Gasteiger partial charge in [0.2, 0.25) is 0 Å². The minimum Gasteiger partial charge on any atom is -0.379 e. The van der Waals surface area contributed by atoms with Crippen molar-refractivity contribution in [1.82, 2.24) is 0 Å². The lowest BCUT2D eigenvalue weighted by molar-refractivity contribution is 0.0111. The van der Waals surface area contributed by atoms with E-state index in [1.54, 1.807) is 7.11 Å². The molecule has 0 spiro atoms. The summed E-state index contributed by atoms with van der Waals surface area (Å²) in [7, 11) is 1.72.